The summed E-state index contributed by atoms with van der Waals surface area (Å²) in [7, 11) is 1.65. The molecule has 2 aromatic carbocycles. The van der Waals surface area contributed by atoms with Gasteiger partial charge >= 0.3 is 0 Å². The van der Waals surface area contributed by atoms with Crippen molar-refractivity contribution in [1.29, 1.82) is 0 Å². The Kier molecular flexibility index (Phi) is 4.39. The zero-order valence-electron chi connectivity index (χ0n) is 12.6. The molecule has 0 saturated carbocycles. The largest absolute Gasteiger partial charge is 0.496 e. The molecule has 1 heterocycles. The van der Waals surface area contributed by atoms with Crippen molar-refractivity contribution in [2.75, 3.05) is 13.7 Å². The van der Waals surface area contributed by atoms with Crippen molar-refractivity contribution < 1.29 is 9.53 Å². The van der Waals surface area contributed by atoms with Gasteiger partial charge in [0, 0.05) is 13.0 Å². The average molecular weight is 296 g/mol. The van der Waals surface area contributed by atoms with Crippen LogP contribution in [0.5, 0.6) is 5.75 Å². The molecule has 0 aliphatic carbocycles. The smallest absolute Gasteiger partial charge is 0.237 e. The van der Waals surface area contributed by atoms with E-state index in [9.17, 15) is 4.79 Å². The lowest BCUT2D eigenvalue weighted by atomic mass is 9.98. The number of nitrogens with one attached hydrogen (secondary N) is 2. The van der Waals surface area contributed by atoms with Crippen molar-refractivity contribution in [2.45, 2.75) is 18.5 Å². The van der Waals surface area contributed by atoms with Crippen LogP contribution in [0.1, 0.15) is 17.2 Å². The van der Waals surface area contributed by atoms with Gasteiger partial charge in [-0.3, -0.25) is 10.1 Å². The first-order chi connectivity index (χ1) is 10.8. The van der Waals surface area contributed by atoms with Crippen molar-refractivity contribution in [3.63, 3.8) is 0 Å². The summed E-state index contributed by atoms with van der Waals surface area (Å²) < 4.78 is 5.37. The van der Waals surface area contributed by atoms with E-state index < -0.39 is 0 Å². The van der Waals surface area contributed by atoms with E-state index >= 15 is 0 Å². The van der Waals surface area contributed by atoms with Crippen molar-refractivity contribution in [3.8, 4) is 5.75 Å². The number of hydrogen-bond acceptors (Lipinski definition) is 3. The molecule has 22 heavy (non-hydrogen) atoms. The molecule has 1 amide bonds. The first-order valence-corrected chi connectivity index (χ1v) is 7.48. The predicted octanol–water partition coefficient (Wildman–Crippen LogP) is 2.07. The molecule has 0 spiro atoms. The van der Waals surface area contributed by atoms with Crippen LogP contribution in [0.2, 0.25) is 0 Å². The summed E-state index contributed by atoms with van der Waals surface area (Å²) in [5.74, 6) is 0.858. The highest BCUT2D eigenvalue weighted by Gasteiger charge is 2.29. The molecular formula is C18H20N2O2. The number of piperazine rings is 1. The summed E-state index contributed by atoms with van der Waals surface area (Å²) in [4.78, 5) is 12.2. The van der Waals surface area contributed by atoms with Crippen molar-refractivity contribution in [3.05, 3.63) is 65.7 Å². The van der Waals surface area contributed by atoms with Crippen molar-refractivity contribution >= 4 is 5.91 Å². The minimum absolute atomic E-state index is 0.0399. The van der Waals surface area contributed by atoms with Crippen molar-refractivity contribution in [1.82, 2.24) is 10.6 Å². The number of methoxy groups -OCH3 is 1. The Morgan fingerprint density at radius 1 is 1.09 bits per heavy atom. The zero-order valence-corrected chi connectivity index (χ0v) is 12.6. The molecular weight excluding hydrogens is 276 g/mol. The summed E-state index contributed by atoms with van der Waals surface area (Å²) in [5.41, 5.74) is 2.22. The number of carbonyl (C=O) groups is 1. The van der Waals surface area contributed by atoms with Crippen LogP contribution in [0, 0.1) is 0 Å². The number of amides is 1. The lowest BCUT2D eigenvalue weighted by molar-refractivity contribution is -0.125. The SMILES string of the molecule is COc1ccccc1CC1NC(c2ccccc2)CNC1=O. The maximum absolute atomic E-state index is 12.2. The third kappa shape index (κ3) is 3.12. The molecule has 0 aromatic heterocycles. The van der Waals surface area contributed by atoms with Crippen LogP contribution in [0.3, 0.4) is 0 Å². The Bertz CT molecular complexity index is 643. The number of hydrogen-bond donors (Lipinski definition) is 2. The molecule has 2 unspecified atom stereocenters. The highest BCUT2D eigenvalue weighted by molar-refractivity contribution is 5.83. The van der Waals surface area contributed by atoms with E-state index in [1.807, 2.05) is 42.5 Å². The third-order valence-corrected chi connectivity index (χ3v) is 4.02. The van der Waals surface area contributed by atoms with E-state index in [-0.39, 0.29) is 18.0 Å². The van der Waals surface area contributed by atoms with E-state index in [1.165, 1.54) is 5.56 Å². The molecule has 114 valence electrons. The van der Waals surface area contributed by atoms with Crippen LogP contribution in [-0.2, 0) is 11.2 Å². The quantitative estimate of drug-likeness (QED) is 0.908. The second kappa shape index (κ2) is 6.62. The number of carbonyl (C=O) groups excluding carboxylic acids is 1. The first-order valence-electron chi connectivity index (χ1n) is 7.48. The third-order valence-electron chi connectivity index (χ3n) is 4.02. The second-order valence-electron chi connectivity index (χ2n) is 5.44. The van der Waals surface area contributed by atoms with Gasteiger partial charge in [-0.15, -0.1) is 0 Å². The Morgan fingerprint density at radius 3 is 2.59 bits per heavy atom. The molecule has 3 rings (SSSR count). The van der Waals surface area contributed by atoms with E-state index in [1.54, 1.807) is 7.11 Å². The number of rotatable bonds is 4. The van der Waals surface area contributed by atoms with E-state index in [4.69, 9.17) is 4.74 Å². The minimum Gasteiger partial charge on any atom is -0.496 e. The molecule has 0 bridgehead atoms. The van der Waals surface area contributed by atoms with Crippen LogP contribution in [0.25, 0.3) is 0 Å². The maximum atomic E-state index is 12.2. The lowest BCUT2D eigenvalue weighted by Crippen LogP contribution is -2.55. The lowest BCUT2D eigenvalue weighted by Gasteiger charge is -2.31. The van der Waals surface area contributed by atoms with Gasteiger partial charge in [0.05, 0.1) is 19.2 Å². The topological polar surface area (TPSA) is 50.4 Å². The van der Waals surface area contributed by atoms with Gasteiger partial charge in [-0.2, -0.15) is 0 Å². The van der Waals surface area contributed by atoms with Crippen LogP contribution >= 0.6 is 0 Å². The van der Waals surface area contributed by atoms with Crippen LogP contribution in [0.4, 0.5) is 0 Å². The monoisotopic (exact) mass is 296 g/mol. The van der Waals surface area contributed by atoms with Gasteiger partial charge in [-0.05, 0) is 17.2 Å². The van der Waals surface area contributed by atoms with Crippen LogP contribution < -0.4 is 15.4 Å². The standard InChI is InChI=1S/C18H20N2O2/c1-22-17-10-6-5-9-14(17)11-15-18(21)19-12-16(20-15)13-7-3-2-4-8-13/h2-10,15-16,20H,11-12H2,1H3,(H,19,21). The average Bonchev–Trinajstić information content (AvgIpc) is 2.58. The molecule has 2 N–H and O–H groups in total. The normalized spacial score (nSPS) is 21.2. The van der Waals surface area contributed by atoms with Gasteiger partial charge in [-0.25, -0.2) is 0 Å². The molecule has 1 fully saturated rings. The van der Waals surface area contributed by atoms with E-state index in [0.717, 1.165) is 11.3 Å². The highest BCUT2D eigenvalue weighted by atomic mass is 16.5. The van der Waals surface area contributed by atoms with E-state index in [2.05, 4.69) is 22.8 Å². The Hall–Kier alpha value is -2.33. The van der Waals surface area contributed by atoms with Gasteiger partial charge < -0.3 is 10.1 Å². The van der Waals surface area contributed by atoms with Gasteiger partial charge in [0.15, 0.2) is 0 Å². The Morgan fingerprint density at radius 2 is 1.82 bits per heavy atom. The van der Waals surface area contributed by atoms with Gasteiger partial charge in [0.25, 0.3) is 0 Å². The molecule has 1 aliphatic rings. The van der Waals surface area contributed by atoms with Crippen molar-refractivity contribution in [2.24, 2.45) is 0 Å². The summed E-state index contributed by atoms with van der Waals surface area (Å²) in [5, 5.41) is 6.45. The molecule has 1 saturated heterocycles. The van der Waals surface area contributed by atoms with Gasteiger partial charge in [-0.1, -0.05) is 48.5 Å². The maximum Gasteiger partial charge on any atom is 0.237 e. The fourth-order valence-electron chi connectivity index (χ4n) is 2.85. The summed E-state index contributed by atoms with van der Waals surface area (Å²) >= 11 is 0. The Balaban J connectivity index is 1.76. The molecule has 0 radical (unpaired) electrons. The summed E-state index contributed by atoms with van der Waals surface area (Å²) in [6.07, 6.45) is 0.610. The Labute approximate surface area is 130 Å². The predicted molar refractivity (Wildman–Crippen MR) is 85.8 cm³/mol. The van der Waals surface area contributed by atoms with E-state index in [0.29, 0.717) is 13.0 Å². The number of para-hydroxylation sites is 1. The molecule has 2 aromatic rings. The fraction of sp³-hybridized carbons (Fsp3) is 0.278. The molecule has 2 atom stereocenters. The zero-order chi connectivity index (χ0) is 15.4. The van der Waals surface area contributed by atoms with Gasteiger partial charge in [0.2, 0.25) is 5.91 Å². The minimum atomic E-state index is -0.254. The first kappa shape index (κ1) is 14.6. The second-order valence-corrected chi connectivity index (χ2v) is 5.44. The van der Waals surface area contributed by atoms with Crippen LogP contribution in [-0.4, -0.2) is 25.6 Å². The molecule has 4 nitrogen and oxygen atoms in total. The van der Waals surface area contributed by atoms with Gasteiger partial charge in [0.1, 0.15) is 5.75 Å². The summed E-state index contributed by atoms with van der Waals surface area (Å²) in [6, 6.07) is 17.9. The fourth-order valence-corrected chi connectivity index (χ4v) is 2.85. The number of ether oxygens (including phenoxy) is 1. The molecule has 1 aliphatic heterocycles. The molecule has 4 heteroatoms. The summed E-state index contributed by atoms with van der Waals surface area (Å²) in [6.45, 7) is 0.616. The number of benzene rings is 2. The highest BCUT2D eigenvalue weighted by Crippen LogP contribution is 2.22. The van der Waals surface area contributed by atoms with Crippen LogP contribution in [0.15, 0.2) is 54.6 Å².